The molecule has 26 heavy (non-hydrogen) atoms. The monoisotopic (exact) mass is 458 g/mol. The number of carbonyl (C=O) groups excluding carboxylic acids is 2. The molecule has 0 saturated carbocycles. The summed E-state index contributed by atoms with van der Waals surface area (Å²) >= 11 is 13.6. The molecule has 0 fully saturated rings. The number of rotatable bonds is 11. The van der Waals surface area contributed by atoms with Crippen LogP contribution in [0.4, 0.5) is 0 Å². The van der Waals surface area contributed by atoms with Gasteiger partial charge in [0.25, 0.3) is 0 Å². The normalized spacial score (nSPS) is 13.4. The minimum absolute atomic E-state index is 0.0913. The van der Waals surface area contributed by atoms with Gasteiger partial charge in [0.1, 0.15) is 22.2 Å². The van der Waals surface area contributed by atoms with E-state index in [9.17, 15) is 9.59 Å². The Bertz CT molecular complexity index is 635. The number of benzene rings is 1. The van der Waals surface area contributed by atoms with Crippen LogP contribution >= 0.6 is 41.1 Å². The zero-order valence-corrected chi connectivity index (χ0v) is 18.7. The molecule has 0 aromatic heterocycles. The molecule has 146 valence electrons. The Morgan fingerprint density at radius 1 is 1.35 bits per heavy atom. The molecule has 0 aliphatic carbocycles. The quantitative estimate of drug-likeness (QED) is 0.264. The smallest absolute Gasteiger partial charge is 0.319 e. The van der Waals surface area contributed by atoms with E-state index in [0.717, 1.165) is 17.7 Å². The van der Waals surface area contributed by atoms with Gasteiger partial charge in [-0.25, -0.2) is 0 Å². The summed E-state index contributed by atoms with van der Waals surface area (Å²) in [6.07, 6.45) is 1.42. The summed E-state index contributed by atoms with van der Waals surface area (Å²) in [6, 6.07) is 3.74. The van der Waals surface area contributed by atoms with Crippen molar-refractivity contribution < 1.29 is 22.7 Å². The lowest BCUT2D eigenvalue weighted by molar-refractivity contribution is -0.140. The minimum Gasteiger partial charge on any atom is -0.468 e. The van der Waals surface area contributed by atoms with E-state index in [2.05, 4.69) is 0 Å². The third kappa shape index (κ3) is 8.26. The highest BCUT2D eigenvalue weighted by molar-refractivity contribution is 8.62. The molecule has 2 atom stereocenters. The van der Waals surface area contributed by atoms with Crippen molar-refractivity contribution in [3.63, 3.8) is 0 Å². The van der Waals surface area contributed by atoms with Crippen molar-refractivity contribution in [3.05, 3.63) is 33.3 Å². The number of hydrogen-bond acceptors (Lipinski definition) is 6. The molecular weight excluding hydrogens is 438 g/mol. The molecule has 1 aromatic carbocycles. The summed E-state index contributed by atoms with van der Waals surface area (Å²) in [4.78, 5) is 22.4. The lowest BCUT2D eigenvalue weighted by atomic mass is 10.1. The lowest BCUT2D eigenvalue weighted by Gasteiger charge is -2.12. The number of halogens is 2. The Labute approximate surface area is 172 Å². The predicted molar refractivity (Wildman–Crippen MR) is 111 cm³/mol. The van der Waals surface area contributed by atoms with E-state index in [1.165, 1.54) is 18.5 Å². The molecule has 0 aliphatic rings. The largest absolute Gasteiger partial charge is 0.468 e. The van der Waals surface area contributed by atoms with Gasteiger partial charge >= 0.3 is 5.97 Å². The number of carbonyl (C=O) groups is 2. The van der Waals surface area contributed by atoms with Crippen molar-refractivity contribution >= 4 is 64.0 Å². The third-order valence-corrected chi connectivity index (χ3v) is 9.47. The Morgan fingerprint density at radius 2 is 2.00 bits per heavy atom. The molecule has 0 radical (unpaired) electrons. The van der Waals surface area contributed by atoms with Gasteiger partial charge in [0.05, 0.1) is 26.9 Å². The Kier molecular flexibility index (Phi) is 12.0. The van der Waals surface area contributed by atoms with E-state index in [1.54, 1.807) is 0 Å². The summed E-state index contributed by atoms with van der Waals surface area (Å²) in [6.45, 7) is 5.35. The fourth-order valence-electron chi connectivity index (χ4n) is 1.74. The van der Waals surface area contributed by atoms with Crippen LogP contribution in [-0.2, 0) is 39.7 Å². The summed E-state index contributed by atoms with van der Waals surface area (Å²) < 4.78 is 16.1. The Morgan fingerprint density at radius 3 is 2.54 bits per heavy atom. The van der Waals surface area contributed by atoms with Gasteiger partial charge in [0.2, 0.25) is 0 Å². The maximum atomic E-state index is 11.7. The second kappa shape index (κ2) is 13.1. The van der Waals surface area contributed by atoms with E-state index in [-0.39, 0.29) is 6.42 Å². The zero-order chi connectivity index (χ0) is 19.5. The van der Waals surface area contributed by atoms with E-state index < -0.39 is 21.9 Å². The highest BCUT2D eigenvalue weighted by atomic mass is 35.5. The summed E-state index contributed by atoms with van der Waals surface area (Å²) in [5, 5.41) is 0.687. The molecule has 0 aliphatic heterocycles. The maximum absolute atomic E-state index is 11.7. The Hall–Kier alpha value is -0.140. The fraction of sp³-hybridized carbons (Fsp3) is 0.500. The highest BCUT2D eigenvalue weighted by Crippen LogP contribution is 2.32. The second-order valence-corrected chi connectivity index (χ2v) is 10.9. The first-order chi connectivity index (χ1) is 12.4. The first-order valence-electron chi connectivity index (χ1n) is 7.76. The molecule has 0 amide bonds. The first-order valence-corrected chi connectivity index (χ1v) is 12.6. The molecule has 0 N–H and O–H groups in total. The molecule has 2 unspecified atom stereocenters. The van der Waals surface area contributed by atoms with Crippen molar-refractivity contribution in [1.29, 1.82) is 0 Å². The fourth-order valence-corrected chi connectivity index (χ4v) is 7.55. The zero-order valence-electron chi connectivity index (χ0n) is 14.7. The molecule has 1 rings (SSSR count). The average molecular weight is 459 g/mol. The van der Waals surface area contributed by atoms with Gasteiger partial charge < -0.3 is 9.53 Å². The minimum atomic E-state index is -0.810. The van der Waals surface area contributed by atoms with E-state index in [1.807, 2.05) is 26.0 Å². The highest BCUT2D eigenvalue weighted by Gasteiger charge is 2.19. The Balaban J connectivity index is 2.67. The standard InChI is InChI=1S/C16H21Cl2O5PS2/c1-4-22-26(24-25-15(5-7-19)16(20)21-3)23-8-6-12-9-13(17)11(2)14(18)10-12/h7,9-10,15H,4-6,8H2,1-3H3. The van der Waals surface area contributed by atoms with E-state index in [0.29, 0.717) is 36.0 Å². The maximum Gasteiger partial charge on any atom is 0.319 e. The van der Waals surface area contributed by atoms with Gasteiger partial charge in [-0.1, -0.05) is 34.6 Å². The third-order valence-electron chi connectivity index (χ3n) is 3.14. The molecule has 10 heteroatoms. The lowest BCUT2D eigenvalue weighted by Crippen LogP contribution is -2.18. The van der Waals surface area contributed by atoms with Crippen LogP contribution in [0.3, 0.4) is 0 Å². The van der Waals surface area contributed by atoms with Gasteiger partial charge in [0.15, 0.2) is 0 Å². The molecule has 0 spiro atoms. The van der Waals surface area contributed by atoms with Crippen molar-refractivity contribution in [2.75, 3.05) is 20.3 Å². The van der Waals surface area contributed by atoms with Crippen LogP contribution in [0.5, 0.6) is 0 Å². The van der Waals surface area contributed by atoms with Crippen molar-refractivity contribution in [2.45, 2.75) is 31.9 Å². The van der Waals surface area contributed by atoms with E-state index >= 15 is 0 Å². The average Bonchev–Trinajstić information content (AvgIpc) is 2.62. The first kappa shape index (κ1) is 23.9. The topological polar surface area (TPSA) is 61.8 Å². The molecule has 1 aromatic rings. The van der Waals surface area contributed by atoms with E-state index in [4.69, 9.17) is 36.3 Å². The molecular formula is C16H21Cl2O5PS2. The number of esters is 1. The van der Waals surface area contributed by atoms with Crippen LogP contribution in [0.15, 0.2) is 12.1 Å². The van der Waals surface area contributed by atoms with Crippen LogP contribution in [0.2, 0.25) is 10.0 Å². The van der Waals surface area contributed by atoms with Crippen molar-refractivity contribution in [1.82, 2.24) is 0 Å². The van der Waals surface area contributed by atoms with Gasteiger partial charge in [-0.2, -0.15) is 0 Å². The molecule has 0 heterocycles. The summed E-state index contributed by atoms with van der Waals surface area (Å²) in [5.41, 5.74) is 1.83. The van der Waals surface area contributed by atoms with Crippen LogP contribution in [0.25, 0.3) is 0 Å². The number of ether oxygens (including phenoxy) is 1. The van der Waals surface area contributed by atoms with Crippen LogP contribution in [-0.4, -0.2) is 37.8 Å². The number of methoxy groups -OCH3 is 1. The second-order valence-electron chi connectivity index (χ2n) is 4.97. The van der Waals surface area contributed by atoms with Gasteiger partial charge in [-0.15, -0.1) is 0 Å². The molecule has 0 bridgehead atoms. The molecule has 0 saturated heterocycles. The van der Waals surface area contributed by atoms with Crippen LogP contribution in [0, 0.1) is 6.92 Å². The predicted octanol–water partition coefficient (Wildman–Crippen LogP) is 4.99. The summed E-state index contributed by atoms with van der Waals surface area (Å²) in [7, 11) is 0.489. The van der Waals surface area contributed by atoms with Gasteiger partial charge in [0, 0.05) is 16.5 Å². The van der Waals surface area contributed by atoms with Crippen LogP contribution in [0.1, 0.15) is 24.5 Å². The van der Waals surface area contributed by atoms with Gasteiger partial charge in [-0.3, -0.25) is 13.2 Å². The molecule has 5 nitrogen and oxygen atoms in total. The summed E-state index contributed by atoms with van der Waals surface area (Å²) in [5.74, 6) is -0.432. The number of aldehydes is 1. The van der Waals surface area contributed by atoms with Crippen LogP contribution < -0.4 is 0 Å². The SMILES string of the molecule is CCOS(OCCc1cc(Cl)c(C)c(Cl)c1)=PSC(CC=O)C(=O)OC. The van der Waals surface area contributed by atoms with Crippen molar-refractivity contribution in [3.8, 4) is 0 Å². The van der Waals surface area contributed by atoms with Crippen molar-refractivity contribution in [2.24, 2.45) is 0 Å². The number of hydrogen-bond donors (Lipinski definition) is 0. The van der Waals surface area contributed by atoms with Gasteiger partial charge in [-0.05, 0) is 43.5 Å².